The lowest BCUT2D eigenvalue weighted by Crippen LogP contribution is -2.18. The maximum absolute atomic E-state index is 12.0. The summed E-state index contributed by atoms with van der Waals surface area (Å²) in [5.41, 5.74) is 3.75. The summed E-state index contributed by atoms with van der Waals surface area (Å²) in [6.07, 6.45) is 5.26. The van der Waals surface area contributed by atoms with Gasteiger partial charge in [0.15, 0.2) is 9.84 Å². The highest BCUT2D eigenvalue weighted by Crippen LogP contribution is 2.44. The van der Waals surface area contributed by atoms with Gasteiger partial charge in [0.1, 0.15) is 11.3 Å². The zero-order valence-electron chi connectivity index (χ0n) is 15.1. The van der Waals surface area contributed by atoms with Crippen LogP contribution in [0.25, 0.3) is 22.1 Å². The standard InChI is InChI=1S/C20H21NO4S/c1-12-6-16(10-21(2)20(12)22)17-8-13(11-26(3,23)24)7-15-9-18(14-4-5-14)25-19(15)17/h6-10,14H,4-5,11H2,1-3H3. The Labute approximate surface area is 152 Å². The van der Waals surface area contributed by atoms with Crippen LogP contribution in [-0.4, -0.2) is 19.2 Å². The van der Waals surface area contributed by atoms with Crippen LogP contribution in [0.2, 0.25) is 0 Å². The average molecular weight is 371 g/mol. The normalized spacial score (nSPS) is 14.9. The summed E-state index contributed by atoms with van der Waals surface area (Å²) in [7, 11) is -1.43. The van der Waals surface area contributed by atoms with Crippen molar-refractivity contribution < 1.29 is 12.8 Å². The summed E-state index contributed by atoms with van der Waals surface area (Å²) in [4.78, 5) is 12.0. The van der Waals surface area contributed by atoms with E-state index in [-0.39, 0.29) is 11.3 Å². The minimum absolute atomic E-state index is 0.0232. The van der Waals surface area contributed by atoms with Gasteiger partial charge in [-0.25, -0.2) is 8.42 Å². The van der Waals surface area contributed by atoms with Gasteiger partial charge in [0.25, 0.3) is 5.56 Å². The molecule has 0 atom stereocenters. The van der Waals surface area contributed by atoms with E-state index < -0.39 is 9.84 Å². The summed E-state index contributed by atoms with van der Waals surface area (Å²) in [6.45, 7) is 1.78. The van der Waals surface area contributed by atoms with E-state index in [1.807, 2.05) is 24.3 Å². The molecule has 3 aromatic rings. The van der Waals surface area contributed by atoms with Gasteiger partial charge in [0.05, 0.1) is 5.75 Å². The molecule has 136 valence electrons. The third-order valence-electron chi connectivity index (χ3n) is 4.78. The fourth-order valence-electron chi connectivity index (χ4n) is 3.43. The summed E-state index contributed by atoms with van der Waals surface area (Å²) >= 11 is 0. The quantitative estimate of drug-likeness (QED) is 0.703. The molecule has 1 aliphatic rings. The van der Waals surface area contributed by atoms with Crippen LogP contribution in [0.1, 0.15) is 35.6 Å². The smallest absolute Gasteiger partial charge is 0.253 e. The molecule has 0 spiro atoms. The van der Waals surface area contributed by atoms with Crippen molar-refractivity contribution >= 4 is 20.8 Å². The number of benzene rings is 1. The number of rotatable bonds is 4. The molecule has 0 saturated heterocycles. The van der Waals surface area contributed by atoms with Gasteiger partial charge in [-0.05, 0) is 49.6 Å². The van der Waals surface area contributed by atoms with Gasteiger partial charge < -0.3 is 8.98 Å². The molecule has 0 N–H and O–H groups in total. The van der Waals surface area contributed by atoms with E-state index in [0.29, 0.717) is 11.5 Å². The van der Waals surface area contributed by atoms with E-state index >= 15 is 0 Å². The van der Waals surface area contributed by atoms with Gasteiger partial charge in [0, 0.05) is 47.5 Å². The lowest BCUT2D eigenvalue weighted by molar-refractivity contribution is 0.553. The van der Waals surface area contributed by atoms with Crippen LogP contribution >= 0.6 is 0 Å². The van der Waals surface area contributed by atoms with E-state index in [1.165, 1.54) is 6.26 Å². The van der Waals surface area contributed by atoms with Crippen molar-refractivity contribution in [3.63, 3.8) is 0 Å². The predicted octanol–water partition coefficient (Wildman–Crippen LogP) is 3.53. The molecule has 0 amide bonds. The highest BCUT2D eigenvalue weighted by atomic mass is 32.2. The first-order chi connectivity index (χ1) is 12.2. The number of hydrogen-bond acceptors (Lipinski definition) is 4. The molecule has 0 radical (unpaired) electrons. The number of fused-ring (bicyclic) bond motifs is 1. The number of aryl methyl sites for hydroxylation is 2. The van der Waals surface area contributed by atoms with E-state index in [2.05, 4.69) is 0 Å². The zero-order chi connectivity index (χ0) is 18.6. The number of furan rings is 1. The minimum Gasteiger partial charge on any atom is -0.460 e. The van der Waals surface area contributed by atoms with Crippen molar-refractivity contribution in [2.24, 2.45) is 7.05 Å². The zero-order valence-corrected chi connectivity index (χ0v) is 15.9. The molecule has 0 aliphatic heterocycles. The molecule has 4 rings (SSSR count). The average Bonchev–Trinajstić information content (AvgIpc) is 3.29. The van der Waals surface area contributed by atoms with Crippen molar-refractivity contribution in [2.75, 3.05) is 6.26 Å². The third-order valence-corrected chi connectivity index (χ3v) is 5.63. The number of pyridine rings is 1. The van der Waals surface area contributed by atoms with Gasteiger partial charge in [-0.3, -0.25) is 4.79 Å². The van der Waals surface area contributed by atoms with Gasteiger partial charge in [-0.15, -0.1) is 0 Å². The van der Waals surface area contributed by atoms with E-state index in [4.69, 9.17) is 4.42 Å². The summed E-state index contributed by atoms with van der Waals surface area (Å²) in [6, 6.07) is 7.62. The Balaban J connectivity index is 1.97. The second-order valence-electron chi connectivity index (χ2n) is 7.38. The first-order valence-corrected chi connectivity index (χ1v) is 10.7. The Morgan fingerprint density at radius 1 is 1.19 bits per heavy atom. The van der Waals surface area contributed by atoms with Crippen LogP contribution in [-0.2, 0) is 22.6 Å². The number of sulfone groups is 1. The largest absolute Gasteiger partial charge is 0.460 e. The molecule has 1 aliphatic carbocycles. The van der Waals surface area contributed by atoms with Crippen molar-refractivity contribution in [2.45, 2.75) is 31.4 Å². The number of nitrogens with zero attached hydrogens (tertiary/aromatic N) is 1. The monoisotopic (exact) mass is 371 g/mol. The molecule has 1 fully saturated rings. The van der Waals surface area contributed by atoms with Crippen LogP contribution in [0, 0.1) is 6.92 Å². The lowest BCUT2D eigenvalue weighted by Gasteiger charge is -2.09. The number of hydrogen-bond donors (Lipinski definition) is 0. The topological polar surface area (TPSA) is 69.3 Å². The molecular weight excluding hydrogens is 350 g/mol. The molecule has 26 heavy (non-hydrogen) atoms. The SMILES string of the molecule is Cc1cc(-c2cc(CS(C)(=O)=O)cc3cc(C4CC4)oc23)cn(C)c1=O. The predicted molar refractivity (Wildman–Crippen MR) is 102 cm³/mol. The van der Waals surface area contributed by atoms with Crippen LogP contribution < -0.4 is 5.56 Å². The first-order valence-electron chi connectivity index (χ1n) is 8.63. The van der Waals surface area contributed by atoms with E-state index in [9.17, 15) is 13.2 Å². The Bertz CT molecular complexity index is 1150. The number of aromatic nitrogens is 1. The van der Waals surface area contributed by atoms with Crippen molar-refractivity contribution in [3.8, 4) is 11.1 Å². The summed E-state index contributed by atoms with van der Waals surface area (Å²) < 4.78 is 31.3. The minimum atomic E-state index is -3.15. The molecule has 0 bridgehead atoms. The molecular formula is C20H21NO4S. The van der Waals surface area contributed by atoms with E-state index in [0.717, 1.165) is 46.3 Å². The van der Waals surface area contributed by atoms with Crippen LogP contribution in [0.3, 0.4) is 0 Å². The summed E-state index contributed by atoms with van der Waals surface area (Å²) in [5.74, 6) is 1.40. The molecule has 2 heterocycles. The Morgan fingerprint density at radius 2 is 1.92 bits per heavy atom. The van der Waals surface area contributed by atoms with Crippen LogP contribution in [0.4, 0.5) is 0 Å². The Hall–Kier alpha value is -2.34. The van der Waals surface area contributed by atoms with Crippen molar-refractivity contribution in [1.82, 2.24) is 4.57 Å². The van der Waals surface area contributed by atoms with Gasteiger partial charge in [-0.2, -0.15) is 0 Å². The Morgan fingerprint density at radius 3 is 2.54 bits per heavy atom. The molecule has 5 nitrogen and oxygen atoms in total. The van der Waals surface area contributed by atoms with Gasteiger partial charge >= 0.3 is 0 Å². The second kappa shape index (κ2) is 5.84. The molecule has 2 aromatic heterocycles. The van der Waals surface area contributed by atoms with Crippen LogP contribution in [0.15, 0.2) is 39.7 Å². The van der Waals surface area contributed by atoms with Gasteiger partial charge in [-0.1, -0.05) is 0 Å². The fraction of sp³-hybridized carbons (Fsp3) is 0.350. The second-order valence-corrected chi connectivity index (χ2v) is 9.52. The molecule has 6 heteroatoms. The first kappa shape index (κ1) is 17.1. The molecule has 1 saturated carbocycles. The maximum atomic E-state index is 12.0. The Kier molecular flexibility index (Phi) is 3.84. The van der Waals surface area contributed by atoms with Crippen molar-refractivity contribution in [1.29, 1.82) is 0 Å². The molecule has 0 unspecified atom stereocenters. The lowest BCUT2D eigenvalue weighted by atomic mass is 10.0. The van der Waals surface area contributed by atoms with E-state index in [1.54, 1.807) is 24.7 Å². The van der Waals surface area contributed by atoms with Gasteiger partial charge in [0.2, 0.25) is 0 Å². The maximum Gasteiger partial charge on any atom is 0.253 e. The third kappa shape index (κ3) is 3.21. The highest BCUT2D eigenvalue weighted by Gasteiger charge is 2.28. The molecule has 1 aromatic carbocycles. The fourth-order valence-corrected chi connectivity index (χ4v) is 4.20. The van der Waals surface area contributed by atoms with Crippen molar-refractivity contribution in [3.05, 3.63) is 57.7 Å². The summed E-state index contributed by atoms with van der Waals surface area (Å²) in [5, 5.41) is 0.912. The van der Waals surface area contributed by atoms with Crippen LogP contribution in [0.5, 0.6) is 0 Å². The highest BCUT2D eigenvalue weighted by molar-refractivity contribution is 7.89.